The van der Waals surface area contributed by atoms with E-state index in [-0.39, 0.29) is 6.42 Å². The Balaban J connectivity index is 5.02. The molecule has 0 radical (unpaired) electrons. The fraction of sp³-hybridized carbons (Fsp3) is 0.722. The zero-order chi connectivity index (χ0) is 23.4. The van der Waals surface area contributed by atoms with Crippen LogP contribution in [-0.2, 0) is 24.0 Å². The van der Waals surface area contributed by atoms with E-state index < -0.39 is 59.8 Å². The first-order valence-corrected chi connectivity index (χ1v) is 9.80. The summed E-state index contributed by atoms with van der Waals surface area (Å²) in [7, 11) is 0. The summed E-state index contributed by atoms with van der Waals surface area (Å²) in [5, 5.41) is 18.5. The fourth-order valence-electron chi connectivity index (χ4n) is 2.25. The van der Waals surface area contributed by atoms with Gasteiger partial charge < -0.3 is 37.8 Å². The number of amides is 4. The summed E-state index contributed by atoms with van der Waals surface area (Å²) in [6.45, 7) is 6.03. The molecule has 12 heteroatoms. The molecule has 0 aliphatic carbocycles. The molecule has 0 heterocycles. The van der Waals surface area contributed by atoms with Gasteiger partial charge in [-0.1, -0.05) is 0 Å². The van der Waals surface area contributed by atoms with Crippen molar-refractivity contribution in [3.05, 3.63) is 0 Å². The van der Waals surface area contributed by atoms with Gasteiger partial charge in [-0.2, -0.15) is 0 Å². The van der Waals surface area contributed by atoms with E-state index in [4.69, 9.17) is 16.6 Å². The Morgan fingerprint density at radius 1 is 0.733 bits per heavy atom. The van der Waals surface area contributed by atoms with Crippen molar-refractivity contribution in [1.82, 2.24) is 21.3 Å². The predicted molar refractivity (Wildman–Crippen MR) is 109 cm³/mol. The Morgan fingerprint density at radius 3 is 1.67 bits per heavy atom. The lowest BCUT2D eigenvalue weighted by Gasteiger charge is -2.23. The van der Waals surface area contributed by atoms with Gasteiger partial charge in [0, 0.05) is 0 Å². The van der Waals surface area contributed by atoms with Gasteiger partial charge in [0.1, 0.15) is 24.2 Å². The minimum absolute atomic E-state index is 0.266. The molecule has 0 unspecified atom stereocenters. The van der Waals surface area contributed by atoms with Crippen LogP contribution in [0.25, 0.3) is 0 Å². The van der Waals surface area contributed by atoms with E-state index >= 15 is 0 Å². The minimum atomic E-state index is -1.21. The second kappa shape index (κ2) is 13.5. The lowest BCUT2D eigenvalue weighted by molar-refractivity contribution is -0.141. The molecular weight excluding hydrogens is 396 g/mol. The number of carboxylic acid groups (broad SMARTS) is 1. The van der Waals surface area contributed by atoms with Crippen molar-refractivity contribution < 1.29 is 29.1 Å². The second-order valence-electron chi connectivity index (χ2n) is 7.16. The van der Waals surface area contributed by atoms with Crippen molar-refractivity contribution in [2.24, 2.45) is 11.5 Å². The van der Waals surface area contributed by atoms with E-state index in [2.05, 4.69) is 21.3 Å². The third-order valence-electron chi connectivity index (χ3n) is 4.23. The van der Waals surface area contributed by atoms with Gasteiger partial charge in [0.05, 0.1) is 6.04 Å². The summed E-state index contributed by atoms with van der Waals surface area (Å²) in [6.07, 6.45) is 1.44. The summed E-state index contributed by atoms with van der Waals surface area (Å²) in [5.74, 6) is -3.61. The van der Waals surface area contributed by atoms with Crippen molar-refractivity contribution in [1.29, 1.82) is 0 Å². The molecule has 9 N–H and O–H groups in total. The molecule has 0 aromatic carbocycles. The lowest BCUT2D eigenvalue weighted by atomic mass is 10.1. The van der Waals surface area contributed by atoms with Gasteiger partial charge in [-0.25, -0.2) is 0 Å². The molecular formula is C18H34N6O6. The van der Waals surface area contributed by atoms with Crippen molar-refractivity contribution in [2.45, 2.75) is 77.2 Å². The van der Waals surface area contributed by atoms with Gasteiger partial charge in [0.2, 0.25) is 23.6 Å². The molecule has 0 aliphatic heterocycles. The van der Waals surface area contributed by atoms with Crippen molar-refractivity contribution in [2.75, 3.05) is 6.54 Å². The maximum Gasteiger partial charge on any atom is 0.325 e. The number of carbonyl (C=O) groups is 5. The fourth-order valence-corrected chi connectivity index (χ4v) is 2.25. The summed E-state index contributed by atoms with van der Waals surface area (Å²) in [6, 6.07) is -4.83. The molecule has 172 valence electrons. The van der Waals surface area contributed by atoms with E-state index in [9.17, 15) is 24.0 Å². The maximum absolute atomic E-state index is 12.6. The van der Waals surface area contributed by atoms with Crippen LogP contribution in [0, 0.1) is 0 Å². The number of nitrogens with two attached hydrogens (primary N) is 2. The van der Waals surface area contributed by atoms with E-state index in [1.54, 1.807) is 0 Å². The molecule has 0 aliphatic rings. The molecule has 4 amide bonds. The zero-order valence-electron chi connectivity index (χ0n) is 17.9. The van der Waals surface area contributed by atoms with Crippen LogP contribution in [0.2, 0.25) is 0 Å². The van der Waals surface area contributed by atoms with Gasteiger partial charge in [-0.3, -0.25) is 24.0 Å². The average Bonchev–Trinajstić information content (AvgIpc) is 2.66. The molecule has 0 saturated carbocycles. The van der Waals surface area contributed by atoms with Gasteiger partial charge in [-0.15, -0.1) is 0 Å². The number of carbonyl (C=O) groups excluding carboxylic acids is 4. The van der Waals surface area contributed by atoms with E-state index in [1.165, 1.54) is 27.7 Å². The van der Waals surface area contributed by atoms with Crippen molar-refractivity contribution in [3.8, 4) is 0 Å². The third kappa shape index (κ3) is 10.2. The number of hydrogen-bond donors (Lipinski definition) is 7. The third-order valence-corrected chi connectivity index (χ3v) is 4.23. The second-order valence-corrected chi connectivity index (χ2v) is 7.16. The molecule has 0 fully saturated rings. The van der Waals surface area contributed by atoms with Gasteiger partial charge >= 0.3 is 5.97 Å². The van der Waals surface area contributed by atoms with Crippen LogP contribution >= 0.6 is 0 Å². The molecule has 12 nitrogen and oxygen atoms in total. The molecule has 0 saturated heterocycles. The highest BCUT2D eigenvalue weighted by molar-refractivity contribution is 5.95. The summed E-state index contributed by atoms with van der Waals surface area (Å²) in [5.41, 5.74) is 10.9. The molecule has 0 spiro atoms. The van der Waals surface area contributed by atoms with Crippen LogP contribution in [0.1, 0.15) is 47.0 Å². The van der Waals surface area contributed by atoms with Crippen LogP contribution in [0.4, 0.5) is 0 Å². The number of nitrogens with one attached hydrogen (secondary N) is 4. The monoisotopic (exact) mass is 430 g/mol. The number of unbranched alkanes of at least 4 members (excludes halogenated alkanes) is 1. The highest BCUT2D eigenvalue weighted by Crippen LogP contribution is 2.03. The highest BCUT2D eigenvalue weighted by Gasteiger charge is 2.27. The smallest absolute Gasteiger partial charge is 0.325 e. The Kier molecular flexibility index (Phi) is 12.3. The Hall–Kier alpha value is -2.73. The Bertz CT molecular complexity index is 626. The van der Waals surface area contributed by atoms with Gasteiger partial charge in [0.15, 0.2) is 0 Å². The molecule has 0 rings (SSSR count). The predicted octanol–water partition coefficient (Wildman–Crippen LogP) is -2.45. The molecule has 5 atom stereocenters. The Labute approximate surface area is 175 Å². The standard InChI is InChI=1S/C18H34N6O6/c1-9(20)14(25)21-11(3)16(27)24-13(7-5-6-8-19)17(28)22-10(2)15(26)23-12(4)18(29)30/h9-13H,5-8,19-20H2,1-4H3,(H,21,25)(H,22,28)(H,23,26)(H,24,27)(H,29,30)/t9-,10-,11-,12-,13-/m0/s1. The number of rotatable bonds is 13. The SMILES string of the molecule is C[C@H](N)C(=O)N[C@@H](C)C(=O)N[C@@H](CCCCN)C(=O)N[C@@H](C)C(=O)N[C@@H](C)C(=O)O. The van der Waals surface area contributed by atoms with Crippen LogP contribution < -0.4 is 32.7 Å². The van der Waals surface area contributed by atoms with E-state index in [0.29, 0.717) is 19.4 Å². The highest BCUT2D eigenvalue weighted by atomic mass is 16.4. The molecule has 30 heavy (non-hydrogen) atoms. The molecule has 0 aromatic rings. The first kappa shape index (κ1) is 27.3. The van der Waals surface area contributed by atoms with Crippen LogP contribution in [0.15, 0.2) is 0 Å². The first-order chi connectivity index (χ1) is 13.9. The minimum Gasteiger partial charge on any atom is -0.480 e. The normalized spacial score (nSPS) is 15.7. The quantitative estimate of drug-likeness (QED) is 0.156. The largest absolute Gasteiger partial charge is 0.480 e. The van der Waals surface area contributed by atoms with Crippen LogP contribution in [0.5, 0.6) is 0 Å². The lowest BCUT2D eigenvalue weighted by Crippen LogP contribution is -2.57. The number of carboxylic acids is 1. The summed E-state index contributed by atoms with van der Waals surface area (Å²) < 4.78 is 0. The topological polar surface area (TPSA) is 206 Å². The number of aliphatic carboxylic acids is 1. The van der Waals surface area contributed by atoms with Gasteiger partial charge in [0.25, 0.3) is 0 Å². The maximum atomic E-state index is 12.6. The Morgan fingerprint density at radius 2 is 1.20 bits per heavy atom. The van der Waals surface area contributed by atoms with Crippen LogP contribution in [0.3, 0.4) is 0 Å². The zero-order valence-corrected chi connectivity index (χ0v) is 17.9. The van der Waals surface area contributed by atoms with Crippen molar-refractivity contribution >= 4 is 29.6 Å². The molecule has 0 bridgehead atoms. The average molecular weight is 431 g/mol. The summed E-state index contributed by atoms with van der Waals surface area (Å²) in [4.78, 5) is 59.5. The summed E-state index contributed by atoms with van der Waals surface area (Å²) >= 11 is 0. The number of hydrogen-bond acceptors (Lipinski definition) is 7. The van der Waals surface area contributed by atoms with E-state index in [1.807, 2.05) is 0 Å². The first-order valence-electron chi connectivity index (χ1n) is 9.80. The molecule has 0 aromatic heterocycles. The van der Waals surface area contributed by atoms with Gasteiger partial charge in [-0.05, 0) is 53.5 Å². The van der Waals surface area contributed by atoms with Crippen LogP contribution in [-0.4, -0.2) is 71.5 Å². The van der Waals surface area contributed by atoms with E-state index in [0.717, 1.165) is 0 Å². The van der Waals surface area contributed by atoms with Crippen molar-refractivity contribution in [3.63, 3.8) is 0 Å².